The zero-order valence-electron chi connectivity index (χ0n) is 14.8. The van der Waals surface area contributed by atoms with E-state index in [0.717, 1.165) is 11.1 Å². The van der Waals surface area contributed by atoms with Gasteiger partial charge in [0.05, 0.1) is 13.7 Å². The normalized spacial score (nSPS) is 10.8. The van der Waals surface area contributed by atoms with Crippen molar-refractivity contribution >= 4 is 17.5 Å². The Bertz CT molecular complexity index is 716. The number of rotatable bonds is 8. The second-order valence-corrected chi connectivity index (χ2v) is 6.62. The van der Waals surface area contributed by atoms with Crippen molar-refractivity contribution in [2.24, 2.45) is 5.92 Å². The topological polar surface area (TPSA) is 47.6 Å². The second-order valence-electron chi connectivity index (χ2n) is 6.21. The van der Waals surface area contributed by atoms with Gasteiger partial charge in [-0.2, -0.15) is 0 Å². The van der Waals surface area contributed by atoms with Gasteiger partial charge in [-0.05, 0) is 35.7 Å². The zero-order valence-corrected chi connectivity index (χ0v) is 15.6. The summed E-state index contributed by atoms with van der Waals surface area (Å²) in [5.41, 5.74) is 2.30. The van der Waals surface area contributed by atoms with Crippen molar-refractivity contribution in [3.05, 3.63) is 64.2 Å². The van der Waals surface area contributed by atoms with Crippen molar-refractivity contribution in [2.45, 2.75) is 27.0 Å². The average Bonchev–Trinajstić information content (AvgIpc) is 2.60. The molecule has 0 spiro atoms. The molecule has 0 aromatic heterocycles. The van der Waals surface area contributed by atoms with Crippen LogP contribution in [0.5, 0.6) is 5.75 Å². The van der Waals surface area contributed by atoms with Crippen LogP contribution in [0.15, 0.2) is 42.5 Å². The van der Waals surface area contributed by atoms with Crippen LogP contribution in [-0.4, -0.2) is 19.6 Å². The van der Waals surface area contributed by atoms with Gasteiger partial charge >= 0.3 is 0 Å². The van der Waals surface area contributed by atoms with E-state index in [9.17, 15) is 4.79 Å². The number of hydrogen-bond acceptors (Lipinski definition) is 3. The van der Waals surface area contributed by atoms with E-state index >= 15 is 0 Å². The number of ether oxygens (including phenoxy) is 2. The Kier molecular flexibility index (Phi) is 7.29. The van der Waals surface area contributed by atoms with Gasteiger partial charge < -0.3 is 14.8 Å². The van der Waals surface area contributed by atoms with E-state index in [1.165, 1.54) is 0 Å². The van der Waals surface area contributed by atoms with Crippen LogP contribution >= 0.6 is 11.6 Å². The number of methoxy groups -OCH3 is 1. The molecule has 0 radical (unpaired) electrons. The molecular weight excluding hydrogens is 338 g/mol. The van der Waals surface area contributed by atoms with Gasteiger partial charge in [-0.1, -0.05) is 43.6 Å². The van der Waals surface area contributed by atoms with Crippen molar-refractivity contribution in [1.82, 2.24) is 5.32 Å². The summed E-state index contributed by atoms with van der Waals surface area (Å²) < 4.78 is 11.0. The van der Waals surface area contributed by atoms with E-state index < -0.39 is 0 Å². The molecule has 2 aromatic carbocycles. The Hall–Kier alpha value is -2.04. The molecule has 1 N–H and O–H groups in total. The van der Waals surface area contributed by atoms with Crippen LogP contribution in [0.4, 0.5) is 0 Å². The fourth-order valence-electron chi connectivity index (χ4n) is 2.36. The first-order chi connectivity index (χ1) is 12.0. The quantitative estimate of drug-likeness (QED) is 0.755. The Balaban J connectivity index is 2.04. The predicted molar refractivity (Wildman–Crippen MR) is 100 cm³/mol. The van der Waals surface area contributed by atoms with Crippen molar-refractivity contribution < 1.29 is 14.3 Å². The molecule has 5 heteroatoms. The Morgan fingerprint density at radius 3 is 2.60 bits per heavy atom. The summed E-state index contributed by atoms with van der Waals surface area (Å²) in [6.07, 6.45) is 0. The van der Waals surface area contributed by atoms with E-state index in [2.05, 4.69) is 19.2 Å². The Morgan fingerprint density at radius 2 is 1.92 bits per heavy atom. The number of hydrogen-bond donors (Lipinski definition) is 1. The molecule has 0 aliphatic carbocycles. The molecule has 0 saturated heterocycles. The minimum atomic E-state index is -0.160. The summed E-state index contributed by atoms with van der Waals surface area (Å²) in [7, 11) is 1.61. The average molecular weight is 362 g/mol. The first-order valence-corrected chi connectivity index (χ1v) is 8.65. The van der Waals surface area contributed by atoms with Crippen LogP contribution in [0.3, 0.4) is 0 Å². The fraction of sp³-hybridized carbons (Fsp3) is 0.350. The van der Waals surface area contributed by atoms with Crippen LogP contribution in [-0.2, 0) is 17.9 Å². The third kappa shape index (κ3) is 5.76. The molecule has 0 unspecified atom stereocenters. The van der Waals surface area contributed by atoms with Gasteiger partial charge in [0.15, 0.2) is 0 Å². The molecule has 0 heterocycles. The lowest BCUT2D eigenvalue weighted by Crippen LogP contribution is -2.23. The van der Waals surface area contributed by atoms with E-state index in [1.807, 2.05) is 18.2 Å². The van der Waals surface area contributed by atoms with Gasteiger partial charge in [0.1, 0.15) is 5.75 Å². The molecule has 1 amide bonds. The minimum absolute atomic E-state index is 0.160. The van der Waals surface area contributed by atoms with E-state index in [4.69, 9.17) is 21.1 Å². The largest absolute Gasteiger partial charge is 0.496 e. The fourth-order valence-corrected chi connectivity index (χ4v) is 2.56. The van der Waals surface area contributed by atoms with Gasteiger partial charge in [0.2, 0.25) is 0 Å². The summed E-state index contributed by atoms with van der Waals surface area (Å²) in [4.78, 5) is 12.4. The van der Waals surface area contributed by atoms with Crippen molar-refractivity contribution in [3.63, 3.8) is 0 Å². The molecule has 4 nitrogen and oxygen atoms in total. The summed E-state index contributed by atoms with van der Waals surface area (Å²) in [6.45, 7) is 5.63. The molecule has 25 heavy (non-hydrogen) atoms. The van der Waals surface area contributed by atoms with Gasteiger partial charge in [0.25, 0.3) is 5.91 Å². The molecule has 0 saturated carbocycles. The van der Waals surface area contributed by atoms with E-state index in [0.29, 0.717) is 42.0 Å². The summed E-state index contributed by atoms with van der Waals surface area (Å²) in [6, 6.07) is 12.8. The lowest BCUT2D eigenvalue weighted by molar-refractivity contribution is 0.0937. The summed E-state index contributed by atoms with van der Waals surface area (Å²) >= 11 is 6.12. The maximum Gasteiger partial charge on any atom is 0.251 e. The first-order valence-electron chi connectivity index (χ1n) is 8.27. The molecular formula is C20H24ClNO3. The number of carbonyl (C=O) groups excluding carboxylic acids is 1. The third-order valence-corrected chi connectivity index (χ3v) is 4.02. The first kappa shape index (κ1) is 19.3. The molecule has 0 atom stereocenters. The van der Waals surface area contributed by atoms with Gasteiger partial charge in [0, 0.05) is 29.3 Å². The van der Waals surface area contributed by atoms with Crippen molar-refractivity contribution in [3.8, 4) is 5.75 Å². The lowest BCUT2D eigenvalue weighted by Gasteiger charge is -2.13. The van der Waals surface area contributed by atoms with Gasteiger partial charge in [-0.25, -0.2) is 0 Å². The van der Waals surface area contributed by atoms with Crippen LogP contribution < -0.4 is 10.1 Å². The predicted octanol–water partition coefficient (Wildman–Crippen LogP) is 4.45. The number of carbonyl (C=O) groups is 1. The highest BCUT2D eigenvalue weighted by molar-refractivity contribution is 6.31. The molecule has 0 aliphatic rings. The maximum atomic E-state index is 12.4. The zero-order chi connectivity index (χ0) is 18.2. The number of nitrogens with one attached hydrogen (secondary N) is 1. The molecule has 2 aromatic rings. The van der Waals surface area contributed by atoms with Crippen LogP contribution in [0, 0.1) is 5.92 Å². The highest BCUT2D eigenvalue weighted by Gasteiger charge is 2.11. The van der Waals surface area contributed by atoms with Crippen LogP contribution in [0.2, 0.25) is 5.02 Å². The second kappa shape index (κ2) is 9.44. The maximum absolute atomic E-state index is 12.4. The van der Waals surface area contributed by atoms with Crippen LogP contribution in [0.1, 0.15) is 35.3 Å². The van der Waals surface area contributed by atoms with Crippen molar-refractivity contribution in [1.29, 1.82) is 0 Å². The Labute approximate surface area is 154 Å². The Morgan fingerprint density at radius 1 is 1.16 bits per heavy atom. The highest BCUT2D eigenvalue weighted by Crippen LogP contribution is 2.21. The standard InChI is InChI=1S/C20H24ClNO3/c1-14(2)12-25-13-17-10-15(8-9-19(17)24-3)20(23)22-11-16-6-4-5-7-18(16)21/h4-10,14H,11-13H2,1-3H3,(H,22,23). The van der Waals surface area contributed by atoms with Crippen molar-refractivity contribution in [2.75, 3.05) is 13.7 Å². The van der Waals surface area contributed by atoms with Gasteiger partial charge in [-0.3, -0.25) is 4.79 Å². The molecule has 0 fully saturated rings. The van der Waals surface area contributed by atoms with Crippen LogP contribution in [0.25, 0.3) is 0 Å². The van der Waals surface area contributed by atoms with E-state index in [-0.39, 0.29) is 5.91 Å². The third-order valence-electron chi connectivity index (χ3n) is 3.65. The number of benzene rings is 2. The smallest absolute Gasteiger partial charge is 0.251 e. The molecule has 0 bridgehead atoms. The summed E-state index contributed by atoms with van der Waals surface area (Å²) in [5.74, 6) is 1.01. The van der Waals surface area contributed by atoms with E-state index in [1.54, 1.807) is 31.4 Å². The monoisotopic (exact) mass is 361 g/mol. The summed E-state index contributed by atoms with van der Waals surface area (Å²) in [5, 5.41) is 3.53. The SMILES string of the molecule is COc1ccc(C(=O)NCc2ccccc2Cl)cc1COCC(C)C. The number of amides is 1. The lowest BCUT2D eigenvalue weighted by atomic mass is 10.1. The van der Waals surface area contributed by atoms with Gasteiger partial charge in [-0.15, -0.1) is 0 Å². The number of halogens is 1. The molecule has 0 aliphatic heterocycles. The highest BCUT2D eigenvalue weighted by atomic mass is 35.5. The molecule has 134 valence electrons. The molecule has 2 rings (SSSR count). The minimum Gasteiger partial charge on any atom is -0.496 e.